The Hall–Kier alpha value is -2.66. The van der Waals surface area contributed by atoms with Crippen LogP contribution in [0, 0.1) is 5.82 Å². The average molecular weight is 354 g/mol. The minimum Gasteiger partial charge on any atom is -0.497 e. The van der Waals surface area contributed by atoms with Crippen molar-refractivity contribution in [3.63, 3.8) is 0 Å². The minimum absolute atomic E-state index is 0.0293. The van der Waals surface area contributed by atoms with Crippen LogP contribution in [-0.4, -0.2) is 49.0 Å². The molecule has 26 heavy (non-hydrogen) atoms. The molecular weight excluding hydrogens is 331 g/mol. The third-order valence-electron chi connectivity index (χ3n) is 4.52. The molecule has 0 N–H and O–H groups in total. The third-order valence-corrected chi connectivity index (χ3v) is 4.52. The number of carbonyl (C=O) groups is 1. The van der Waals surface area contributed by atoms with Crippen molar-refractivity contribution < 1.29 is 13.9 Å². The van der Waals surface area contributed by atoms with Gasteiger partial charge in [0.25, 0.3) is 0 Å². The molecule has 1 fully saturated rings. The Balaban J connectivity index is 1.48. The van der Waals surface area contributed by atoms with Gasteiger partial charge < -0.3 is 9.64 Å². The number of piperazine rings is 1. The summed E-state index contributed by atoms with van der Waals surface area (Å²) in [5.41, 5.74) is 1.92. The topological polar surface area (TPSA) is 32.8 Å². The summed E-state index contributed by atoms with van der Waals surface area (Å²) in [6, 6.07) is 14.3. The molecule has 0 atom stereocenters. The number of halogens is 1. The average Bonchev–Trinajstić information content (AvgIpc) is 2.67. The van der Waals surface area contributed by atoms with Crippen LogP contribution in [0.15, 0.2) is 54.6 Å². The second kappa shape index (κ2) is 8.63. The van der Waals surface area contributed by atoms with Gasteiger partial charge in [0, 0.05) is 38.8 Å². The lowest BCUT2D eigenvalue weighted by Crippen LogP contribution is -2.47. The Kier molecular flexibility index (Phi) is 6.02. The van der Waals surface area contributed by atoms with Crippen molar-refractivity contribution in [2.24, 2.45) is 0 Å². The number of hydrogen-bond acceptors (Lipinski definition) is 3. The van der Waals surface area contributed by atoms with Crippen molar-refractivity contribution in [2.75, 3.05) is 33.3 Å². The van der Waals surface area contributed by atoms with Crippen molar-refractivity contribution in [3.05, 3.63) is 71.6 Å². The fraction of sp³-hybridized carbons (Fsp3) is 0.286. The van der Waals surface area contributed by atoms with E-state index in [1.54, 1.807) is 25.3 Å². The highest BCUT2D eigenvalue weighted by Gasteiger charge is 2.19. The first-order valence-corrected chi connectivity index (χ1v) is 8.72. The highest BCUT2D eigenvalue weighted by atomic mass is 19.1. The van der Waals surface area contributed by atoms with Crippen molar-refractivity contribution >= 4 is 12.0 Å². The molecule has 1 aliphatic rings. The summed E-state index contributed by atoms with van der Waals surface area (Å²) in [4.78, 5) is 16.5. The lowest BCUT2D eigenvalue weighted by molar-refractivity contribution is -0.127. The van der Waals surface area contributed by atoms with Gasteiger partial charge in [0.2, 0.25) is 5.91 Å². The lowest BCUT2D eigenvalue weighted by Gasteiger charge is -2.34. The maximum absolute atomic E-state index is 13.2. The quantitative estimate of drug-likeness (QED) is 0.773. The normalized spacial score (nSPS) is 15.4. The van der Waals surface area contributed by atoms with Crippen LogP contribution in [0.25, 0.3) is 6.08 Å². The molecule has 136 valence electrons. The van der Waals surface area contributed by atoms with E-state index in [4.69, 9.17) is 4.74 Å². The smallest absolute Gasteiger partial charge is 0.246 e. The van der Waals surface area contributed by atoms with E-state index in [9.17, 15) is 9.18 Å². The minimum atomic E-state index is -0.299. The number of nitrogens with zero attached hydrogens (tertiary/aromatic N) is 2. The summed E-state index contributed by atoms with van der Waals surface area (Å²) < 4.78 is 18.3. The number of amides is 1. The Morgan fingerprint density at radius 3 is 2.50 bits per heavy atom. The molecule has 0 aromatic heterocycles. The molecule has 4 nitrogen and oxygen atoms in total. The summed E-state index contributed by atoms with van der Waals surface area (Å²) >= 11 is 0. The number of benzene rings is 2. The predicted molar refractivity (Wildman–Crippen MR) is 100 cm³/mol. The highest BCUT2D eigenvalue weighted by molar-refractivity contribution is 5.91. The van der Waals surface area contributed by atoms with Gasteiger partial charge >= 0.3 is 0 Å². The number of ether oxygens (including phenoxy) is 1. The molecule has 0 radical (unpaired) electrons. The van der Waals surface area contributed by atoms with E-state index in [-0.39, 0.29) is 11.7 Å². The van der Waals surface area contributed by atoms with E-state index in [2.05, 4.69) is 17.0 Å². The van der Waals surface area contributed by atoms with Crippen LogP contribution in [-0.2, 0) is 11.3 Å². The molecular formula is C21H23FN2O2. The molecule has 2 aromatic rings. The van der Waals surface area contributed by atoms with Crippen LogP contribution >= 0.6 is 0 Å². The first-order chi connectivity index (χ1) is 12.6. The Bertz CT molecular complexity index is 766. The van der Waals surface area contributed by atoms with Gasteiger partial charge in [-0.1, -0.05) is 24.3 Å². The van der Waals surface area contributed by atoms with Gasteiger partial charge in [0.05, 0.1) is 7.11 Å². The van der Waals surface area contributed by atoms with E-state index in [0.717, 1.165) is 25.4 Å². The maximum atomic E-state index is 13.2. The fourth-order valence-corrected chi connectivity index (χ4v) is 3.00. The molecule has 0 bridgehead atoms. The van der Waals surface area contributed by atoms with Crippen LogP contribution in [0.2, 0.25) is 0 Å². The van der Waals surface area contributed by atoms with Crippen LogP contribution in [0.4, 0.5) is 4.39 Å². The zero-order chi connectivity index (χ0) is 18.4. The molecule has 1 heterocycles. The Labute approximate surface area is 153 Å². The fourth-order valence-electron chi connectivity index (χ4n) is 3.00. The van der Waals surface area contributed by atoms with E-state index in [1.807, 2.05) is 17.0 Å². The van der Waals surface area contributed by atoms with Crippen LogP contribution in [0.1, 0.15) is 11.1 Å². The van der Waals surface area contributed by atoms with E-state index >= 15 is 0 Å². The zero-order valence-corrected chi connectivity index (χ0v) is 14.9. The van der Waals surface area contributed by atoms with Gasteiger partial charge in [-0.15, -0.1) is 0 Å². The largest absolute Gasteiger partial charge is 0.497 e. The third kappa shape index (κ3) is 4.92. The van der Waals surface area contributed by atoms with Gasteiger partial charge in [-0.05, 0) is 41.5 Å². The molecule has 1 amide bonds. The van der Waals surface area contributed by atoms with Gasteiger partial charge in [0.15, 0.2) is 0 Å². The Morgan fingerprint density at radius 1 is 1.12 bits per heavy atom. The monoisotopic (exact) mass is 354 g/mol. The number of carbonyl (C=O) groups excluding carboxylic acids is 1. The SMILES string of the molecule is COc1ccc(CN2CCN(C(=O)/C=C/c3cccc(F)c3)CC2)cc1. The van der Waals surface area contributed by atoms with E-state index < -0.39 is 0 Å². The first-order valence-electron chi connectivity index (χ1n) is 8.72. The summed E-state index contributed by atoms with van der Waals surface area (Å²) in [5.74, 6) is 0.527. The standard InChI is InChI=1S/C21H23FN2O2/c1-26-20-8-5-18(6-9-20)16-23-11-13-24(14-12-23)21(25)10-7-17-3-2-4-19(22)15-17/h2-10,15H,11-14,16H2,1H3/b10-7+. The second-order valence-electron chi connectivity index (χ2n) is 6.34. The van der Waals surface area contributed by atoms with E-state index in [1.165, 1.54) is 23.8 Å². The molecule has 2 aromatic carbocycles. The number of hydrogen-bond donors (Lipinski definition) is 0. The van der Waals surface area contributed by atoms with Crippen molar-refractivity contribution in [1.29, 1.82) is 0 Å². The van der Waals surface area contributed by atoms with Crippen LogP contribution < -0.4 is 4.74 Å². The summed E-state index contributed by atoms with van der Waals surface area (Å²) in [5, 5.41) is 0. The summed E-state index contributed by atoms with van der Waals surface area (Å²) in [6.45, 7) is 3.94. The van der Waals surface area contributed by atoms with Gasteiger partial charge in [-0.25, -0.2) is 4.39 Å². The molecule has 3 rings (SSSR count). The number of methoxy groups -OCH3 is 1. The van der Waals surface area contributed by atoms with Crippen LogP contribution in [0.3, 0.4) is 0 Å². The Morgan fingerprint density at radius 2 is 1.85 bits per heavy atom. The predicted octanol–water partition coefficient (Wildman–Crippen LogP) is 3.19. The van der Waals surface area contributed by atoms with E-state index in [0.29, 0.717) is 18.7 Å². The molecule has 1 aliphatic heterocycles. The van der Waals surface area contributed by atoms with Gasteiger partial charge in [-0.3, -0.25) is 9.69 Å². The summed E-state index contributed by atoms with van der Waals surface area (Å²) in [7, 11) is 1.66. The summed E-state index contributed by atoms with van der Waals surface area (Å²) in [6.07, 6.45) is 3.18. The van der Waals surface area contributed by atoms with Gasteiger partial charge in [0.1, 0.15) is 11.6 Å². The zero-order valence-electron chi connectivity index (χ0n) is 14.9. The van der Waals surface area contributed by atoms with Crippen molar-refractivity contribution in [3.8, 4) is 5.75 Å². The molecule has 0 saturated carbocycles. The molecule has 0 aliphatic carbocycles. The molecule has 0 unspecified atom stereocenters. The highest BCUT2D eigenvalue weighted by Crippen LogP contribution is 2.14. The maximum Gasteiger partial charge on any atom is 0.246 e. The van der Waals surface area contributed by atoms with Crippen molar-refractivity contribution in [2.45, 2.75) is 6.54 Å². The second-order valence-corrected chi connectivity index (χ2v) is 6.34. The molecule has 5 heteroatoms. The lowest BCUT2D eigenvalue weighted by atomic mass is 10.2. The number of rotatable bonds is 5. The first kappa shape index (κ1) is 18.1. The molecule has 1 saturated heterocycles. The van der Waals surface area contributed by atoms with Crippen molar-refractivity contribution in [1.82, 2.24) is 9.80 Å². The van der Waals surface area contributed by atoms with Crippen LogP contribution in [0.5, 0.6) is 5.75 Å². The molecule has 0 spiro atoms. The van der Waals surface area contributed by atoms with Gasteiger partial charge in [-0.2, -0.15) is 0 Å².